The zero-order valence-corrected chi connectivity index (χ0v) is 15.3. The van der Waals surface area contributed by atoms with Gasteiger partial charge in [0, 0.05) is 36.3 Å². The monoisotopic (exact) mass is 388 g/mol. The lowest BCUT2D eigenvalue weighted by Gasteiger charge is -2.23. The number of aryl methyl sites for hydroxylation is 1. The van der Waals surface area contributed by atoms with Gasteiger partial charge in [0.1, 0.15) is 18.4 Å². The summed E-state index contributed by atoms with van der Waals surface area (Å²) in [6.07, 6.45) is 3.47. The number of aromatic amines is 1. The number of carbonyl (C=O) groups is 1. The van der Waals surface area contributed by atoms with Gasteiger partial charge in [0.2, 0.25) is 0 Å². The molecule has 0 bridgehead atoms. The van der Waals surface area contributed by atoms with E-state index in [4.69, 9.17) is 10.3 Å². The van der Waals surface area contributed by atoms with Gasteiger partial charge in [0.15, 0.2) is 5.78 Å². The first-order valence-corrected chi connectivity index (χ1v) is 8.64. The molecule has 11 heteroatoms. The molecule has 0 aliphatic carbocycles. The van der Waals surface area contributed by atoms with Gasteiger partial charge in [-0.25, -0.2) is 4.79 Å². The van der Waals surface area contributed by atoms with Gasteiger partial charge in [-0.15, -0.1) is 0 Å². The lowest BCUT2D eigenvalue weighted by atomic mass is 9.96. The normalized spacial score (nSPS) is 25.2. The largest absolute Gasteiger partial charge is 0.381 e. The second-order valence-corrected chi connectivity index (χ2v) is 6.76. The lowest BCUT2D eigenvalue weighted by Crippen LogP contribution is -2.39. The van der Waals surface area contributed by atoms with Crippen LogP contribution in [-0.2, 0) is 9.53 Å². The number of Topliss-reactive ketones (excluding diaryl/α,β-unsaturated/α-hetero) is 1. The summed E-state index contributed by atoms with van der Waals surface area (Å²) in [5, 5.41) is 14.1. The maximum Gasteiger partial charge on any atom is 0.330 e. The Hall–Kier alpha value is -3.14. The highest BCUT2D eigenvalue weighted by molar-refractivity contribution is 5.90. The van der Waals surface area contributed by atoms with Crippen LogP contribution >= 0.6 is 0 Å². The Morgan fingerprint density at radius 1 is 1.50 bits per heavy atom. The summed E-state index contributed by atoms with van der Waals surface area (Å²) in [6, 6.07) is -0.895. The van der Waals surface area contributed by atoms with E-state index < -0.39 is 41.5 Å². The van der Waals surface area contributed by atoms with Crippen molar-refractivity contribution in [2.75, 3.05) is 7.05 Å². The van der Waals surface area contributed by atoms with Gasteiger partial charge in [-0.05, 0) is 30.6 Å². The molecule has 1 unspecified atom stereocenters. The van der Waals surface area contributed by atoms with Gasteiger partial charge < -0.3 is 14.7 Å². The fourth-order valence-electron chi connectivity index (χ4n) is 3.29. The van der Waals surface area contributed by atoms with Crippen molar-refractivity contribution in [3.63, 3.8) is 0 Å². The highest BCUT2D eigenvalue weighted by Gasteiger charge is 2.43. The number of nitrogens with zero attached hydrogens (tertiary/aromatic N) is 5. The van der Waals surface area contributed by atoms with Crippen LogP contribution in [0.15, 0.2) is 44.9 Å². The van der Waals surface area contributed by atoms with Crippen LogP contribution in [0, 0.1) is 6.92 Å². The smallest absolute Gasteiger partial charge is 0.330 e. The van der Waals surface area contributed by atoms with Gasteiger partial charge in [0.05, 0.1) is 6.04 Å². The molecule has 1 fully saturated rings. The molecule has 1 saturated heterocycles. The molecule has 4 atom stereocenters. The third-order valence-corrected chi connectivity index (χ3v) is 4.72. The predicted molar refractivity (Wildman–Crippen MR) is 98.1 cm³/mol. The standard InChI is InChI=1S/C17H20N6O5/c1-9-7-23(17(27)19-16(9)26)12-6-11(20-21-18)15(28-12)14(25)13(24)10-4-3-5-22(2)8-10/h3,5,7-8,11-13,15,24H,4,6H2,1-2H3,(H,19,26,27)/t11-,12+,13?,15-/m0/s1. The van der Waals surface area contributed by atoms with E-state index in [1.807, 2.05) is 0 Å². The lowest BCUT2D eigenvalue weighted by molar-refractivity contribution is -0.139. The number of rotatable bonds is 5. The number of carbonyl (C=O) groups excluding carboxylic acids is 1. The van der Waals surface area contributed by atoms with Crippen molar-refractivity contribution < 1.29 is 14.6 Å². The molecule has 3 rings (SSSR count). The van der Waals surface area contributed by atoms with Crippen LogP contribution in [0.25, 0.3) is 10.4 Å². The Morgan fingerprint density at radius 2 is 2.25 bits per heavy atom. The number of H-pyrrole nitrogens is 1. The van der Waals surface area contributed by atoms with Crippen LogP contribution in [0.2, 0.25) is 0 Å². The molecule has 11 nitrogen and oxygen atoms in total. The van der Waals surface area contributed by atoms with E-state index in [9.17, 15) is 19.5 Å². The second kappa shape index (κ2) is 7.85. The van der Waals surface area contributed by atoms with E-state index in [-0.39, 0.29) is 6.42 Å². The summed E-state index contributed by atoms with van der Waals surface area (Å²) in [6.45, 7) is 1.53. The first-order chi connectivity index (χ1) is 13.3. The van der Waals surface area contributed by atoms with Crippen LogP contribution in [-0.4, -0.2) is 50.6 Å². The Balaban J connectivity index is 1.87. The number of ether oxygens (including phenoxy) is 1. The van der Waals surface area contributed by atoms with E-state index in [1.54, 1.807) is 30.4 Å². The van der Waals surface area contributed by atoms with Crippen LogP contribution in [0.1, 0.15) is 24.6 Å². The Morgan fingerprint density at radius 3 is 2.93 bits per heavy atom. The number of aliphatic hydroxyl groups excluding tert-OH is 1. The molecule has 28 heavy (non-hydrogen) atoms. The molecule has 0 amide bonds. The molecule has 0 radical (unpaired) electrons. The number of aliphatic hydroxyl groups is 1. The topological polar surface area (TPSA) is 153 Å². The quantitative estimate of drug-likeness (QED) is 0.425. The molecular weight excluding hydrogens is 368 g/mol. The minimum absolute atomic E-state index is 0.0530. The van der Waals surface area contributed by atoms with Crippen molar-refractivity contribution in [2.45, 2.75) is 44.2 Å². The van der Waals surface area contributed by atoms with Crippen molar-refractivity contribution >= 4 is 5.78 Å². The molecule has 2 N–H and O–H groups in total. The number of nitrogens with one attached hydrogen (secondary N) is 1. The summed E-state index contributed by atoms with van der Waals surface area (Å²) in [5.41, 5.74) is 8.39. The second-order valence-electron chi connectivity index (χ2n) is 6.76. The van der Waals surface area contributed by atoms with Gasteiger partial charge in [-0.2, -0.15) is 0 Å². The van der Waals surface area contributed by atoms with Gasteiger partial charge in [-0.1, -0.05) is 11.2 Å². The van der Waals surface area contributed by atoms with E-state index in [2.05, 4.69) is 15.0 Å². The minimum Gasteiger partial charge on any atom is -0.381 e. The molecule has 2 aliphatic heterocycles. The van der Waals surface area contributed by atoms with Gasteiger partial charge in [0.25, 0.3) is 5.56 Å². The number of hydrogen-bond donors (Lipinski definition) is 2. The van der Waals surface area contributed by atoms with E-state index in [1.165, 1.54) is 13.1 Å². The van der Waals surface area contributed by atoms with E-state index >= 15 is 0 Å². The number of ketones is 1. The molecule has 0 saturated carbocycles. The molecular formula is C17H20N6O5. The Bertz CT molecular complexity index is 1000. The predicted octanol–water partition coefficient (Wildman–Crippen LogP) is 0.475. The minimum atomic E-state index is -1.43. The van der Waals surface area contributed by atoms with Crippen LogP contribution in [0.5, 0.6) is 0 Å². The van der Waals surface area contributed by atoms with Crippen molar-refractivity contribution in [2.24, 2.45) is 5.11 Å². The number of azide groups is 1. The summed E-state index contributed by atoms with van der Waals surface area (Å²) in [7, 11) is 1.77. The fraction of sp³-hybridized carbons (Fsp3) is 0.471. The summed E-state index contributed by atoms with van der Waals surface area (Å²) >= 11 is 0. The Kier molecular flexibility index (Phi) is 5.50. The van der Waals surface area contributed by atoms with Gasteiger partial charge in [-0.3, -0.25) is 19.1 Å². The summed E-state index contributed by atoms with van der Waals surface area (Å²) in [4.78, 5) is 43.1. The SMILES string of the molecule is Cc1cn([C@H]2C[C@H](N=[N+]=[N-])[C@@H](C(=O)C(O)C3=CN(C)C=CC3)O2)c(=O)[nH]c1=O. The molecule has 0 spiro atoms. The molecule has 2 aliphatic rings. The first kappa shape index (κ1) is 19.6. The number of aromatic nitrogens is 2. The van der Waals surface area contributed by atoms with E-state index in [0.717, 1.165) is 4.57 Å². The maximum atomic E-state index is 12.8. The Labute approximate surface area is 159 Å². The molecule has 148 valence electrons. The summed E-state index contributed by atoms with van der Waals surface area (Å²) < 4.78 is 6.84. The highest BCUT2D eigenvalue weighted by atomic mass is 16.5. The van der Waals surface area contributed by atoms with Gasteiger partial charge >= 0.3 is 5.69 Å². The van der Waals surface area contributed by atoms with E-state index in [0.29, 0.717) is 17.6 Å². The third-order valence-electron chi connectivity index (χ3n) is 4.72. The number of hydrogen-bond acceptors (Lipinski definition) is 7. The molecule has 1 aromatic rings. The molecule has 0 aromatic carbocycles. The fourth-order valence-corrected chi connectivity index (χ4v) is 3.29. The van der Waals surface area contributed by atoms with Crippen LogP contribution in [0.4, 0.5) is 0 Å². The van der Waals surface area contributed by atoms with Crippen LogP contribution < -0.4 is 11.2 Å². The highest BCUT2D eigenvalue weighted by Crippen LogP contribution is 2.32. The van der Waals surface area contributed by atoms with Crippen molar-refractivity contribution in [1.29, 1.82) is 0 Å². The first-order valence-electron chi connectivity index (χ1n) is 8.64. The zero-order chi connectivity index (χ0) is 20.4. The van der Waals surface area contributed by atoms with Crippen molar-refractivity contribution in [3.05, 3.63) is 67.1 Å². The maximum absolute atomic E-state index is 12.8. The van der Waals surface area contributed by atoms with Crippen LogP contribution in [0.3, 0.4) is 0 Å². The molecule has 1 aromatic heterocycles. The average Bonchev–Trinajstić information content (AvgIpc) is 3.07. The molecule has 3 heterocycles. The third kappa shape index (κ3) is 3.77. The average molecular weight is 388 g/mol. The summed E-state index contributed by atoms with van der Waals surface area (Å²) in [5.74, 6) is -0.649. The zero-order valence-electron chi connectivity index (χ0n) is 15.3. The van der Waals surface area contributed by atoms with Crippen molar-refractivity contribution in [3.8, 4) is 0 Å². The van der Waals surface area contributed by atoms with Crippen molar-refractivity contribution in [1.82, 2.24) is 14.5 Å². The number of allylic oxidation sites excluding steroid dienone is 1.